The SMILES string of the molecule is CCC(NC(=O)C1(C(N)=NO)CCCCC1)c1nccs1. The third-order valence-corrected chi connectivity index (χ3v) is 5.09. The van der Waals surface area contributed by atoms with Gasteiger partial charge in [0, 0.05) is 11.6 Å². The lowest BCUT2D eigenvalue weighted by atomic mass is 9.72. The van der Waals surface area contributed by atoms with Crippen molar-refractivity contribution in [1.82, 2.24) is 10.3 Å². The molecule has 1 aromatic rings. The van der Waals surface area contributed by atoms with E-state index in [1.807, 2.05) is 12.3 Å². The van der Waals surface area contributed by atoms with Gasteiger partial charge in [-0.2, -0.15) is 0 Å². The van der Waals surface area contributed by atoms with Crippen LogP contribution < -0.4 is 11.1 Å². The highest BCUT2D eigenvalue weighted by Crippen LogP contribution is 2.37. The van der Waals surface area contributed by atoms with E-state index in [0.717, 1.165) is 30.7 Å². The van der Waals surface area contributed by atoms with Crippen molar-refractivity contribution < 1.29 is 10.0 Å². The standard InChI is InChI=1S/C14H22N4O2S/c1-2-10(11-16-8-9-21-11)17-13(19)14(12(15)18-20)6-4-3-5-7-14/h8-10,20H,2-7H2,1H3,(H2,15,18)(H,17,19). The summed E-state index contributed by atoms with van der Waals surface area (Å²) in [6, 6.07) is -0.122. The highest BCUT2D eigenvalue weighted by atomic mass is 32.1. The second-order valence-electron chi connectivity index (χ2n) is 5.43. The molecule has 1 aliphatic rings. The van der Waals surface area contributed by atoms with Crippen LogP contribution in [-0.2, 0) is 4.79 Å². The average Bonchev–Trinajstić information content (AvgIpc) is 3.06. The zero-order valence-corrected chi connectivity index (χ0v) is 13.0. The molecule has 1 aromatic heterocycles. The molecule has 21 heavy (non-hydrogen) atoms. The van der Waals surface area contributed by atoms with Crippen molar-refractivity contribution in [3.05, 3.63) is 16.6 Å². The highest BCUT2D eigenvalue weighted by Gasteiger charge is 2.44. The lowest BCUT2D eigenvalue weighted by Crippen LogP contribution is -2.51. The summed E-state index contributed by atoms with van der Waals surface area (Å²) in [6.45, 7) is 2.00. The van der Waals surface area contributed by atoms with Gasteiger partial charge >= 0.3 is 0 Å². The van der Waals surface area contributed by atoms with Gasteiger partial charge in [-0.1, -0.05) is 31.3 Å². The van der Waals surface area contributed by atoms with Gasteiger partial charge in [0.2, 0.25) is 5.91 Å². The molecule has 0 spiro atoms. The summed E-state index contributed by atoms with van der Waals surface area (Å²) in [7, 11) is 0. The van der Waals surface area contributed by atoms with Crippen molar-refractivity contribution in [3.8, 4) is 0 Å². The molecule has 1 fully saturated rings. The van der Waals surface area contributed by atoms with E-state index in [9.17, 15) is 4.79 Å². The number of nitrogens with two attached hydrogens (primary N) is 1. The number of carbonyl (C=O) groups is 1. The summed E-state index contributed by atoms with van der Waals surface area (Å²) < 4.78 is 0. The highest BCUT2D eigenvalue weighted by molar-refractivity contribution is 7.09. The number of amides is 1. The largest absolute Gasteiger partial charge is 0.409 e. The Bertz CT molecular complexity index is 495. The average molecular weight is 310 g/mol. The molecule has 0 aromatic carbocycles. The number of amidine groups is 1. The van der Waals surface area contributed by atoms with Crippen molar-refractivity contribution in [2.75, 3.05) is 0 Å². The fourth-order valence-electron chi connectivity index (χ4n) is 2.89. The van der Waals surface area contributed by atoms with E-state index in [4.69, 9.17) is 10.9 Å². The molecule has 4 N–H and O–H groups in total. The molecule has 1 amide bonds. The van der Waals surface area contributed by atoms with E-state index in [1.165, 1.54) is 11.3 Å². The molecule has 0 saturated heterocycles. The topological polar surface area (TPSA) is 101 Å². The maximum absolute atomic E-state index is 12.8. The number of rotatable bonds is 5. The lowest BCUT2D eigenvalue weighted by molar-refractivity contribution is -0.129. The quantitative estimate of drug-likeness (QED) is 0.336. The molecular formula is C14H22N4O2S. The van der Waals surface area contributed by atoms with Crippen LogP contribution in [0.15, 0.2) is 16.7 Å². The number of hydrogen-bond donors (Lipinski definition) is 3. The van der Waals surface area contributed by atoms with E-state index >= 15 is 0 Å². The van der Waals surface area contributed by atoms with E-state index in [2.05, 4.69) is 15.5 Å². The maximum Gasteiger partial charge on any atom is 0.234 e. The van der Waals surface area contributed by atoms with E-state index in [-0.39, 0.29) is 17.8 Å². The molecule has 0 bridgehead atoms. The molecule has 1 unspecified atom stereocenters. The number of aromatic nitrogens is 1. The molecule has 1 atom stereocenters. The molecule has 2 rings (SSSR count). The van der Waals surface area contributed by atoms with Crippen molar-refractivity contribution in [2.24, 2.45) is 16.3 Å². The second kappa shape index (κ2) is 6.89. The fourth-order valence-corrected chi connectivity index (χ4v) is 3.66. The predicted octanol–water partition coefficient (Wildman–Crippen LogP) is 2.41. The third kappa shape index (κ3) is 3.18. The first-order valence-electron chi connectivity index (χ1n) is 7.32. The summed E-state index contributed by atoms with van der Waals surface area (Å²) in [5.74, 6) is -0.131. The van der Waals surface area contributed by atoms with Crippen LogP contribution in [0.1, 0.15) is 56.5 Å². The predicted molar refractivity (Wildman–Crippen MR) is 82.2 cm³/mol. The molecule has 7 heteroatoms. The van der Waals surface area contributed by atoms with E-state index in [1.54, 1.807) is 6.20 Å². The van der Waals surface area contributed by atoms with Crippen LogP contribution in [0.2, 0.25) is 0 Å². The van der Waals surface area contributed by atoms with E-state index in [0.29, 0.717) is 12.8 Å². The fraction of sp³-hybridized carbons (Fsp3) is 0.643. The van der Waals surface area contributed by atoms with Crippen LogP contribution >= 0.6 is 11.3 Å². The van der Waals surface area contributed by atoms with Gasteiger partial charge in [-0.15, -0.1) is 11.3 Å². The van der Waals surface area contributed by atoms with Crippen LogP contribution in [0.3, 0.4) is 0 Å². The number of thiazole rings is 1. The smallest absolute Gasteiger partial charge is 0.234 e. The van der Waals surface area contributed by atoms with Crippen molar-refractivity contribution in [3.63, 3.8) is 0 Å². The first kappa shape index (κ1) is 15.8. The molecule has 1 heterocycles. The van der Waals surface area contributed by atoms with Crippen molar-refractivity contribution in [1.29, 1.82) is 0 Å². The molecule has 1 saturated carbocycles. The summed E-state index contributed by atoms with van der Waals surface area (Å²) >= 11 is 1.52. The third-order valence-electron chi connectivity index (χ3n) is 4.20. The van der Waals surface area contributed by atoms with E-state index < -0.39 is 5.41 Å². The molecule has 116 valence electrons. The summed E-state index contributed by atoms with van der Waals surface area (Å²) in [6.07, 6.45) is 6.65. The molecule has 6 nitrogen and oxygen atoms in total. The van der Waals surface area contributed by atoms with Crippen LogP contribution in [0, 0.1) is 5.41 Å². The second-order valence-corrected chi connectivity index (χ2v) is 6.36. The van der Waals surface area contributed by atoms with Gasteiger partial charge in [0.15, 0.2) is 5.84 Å². The van der Waals surface area contributed by atoms with Crippen LogP contribution in [0.25, 0.3) is 0 Å². The van der Waals surface area contributed by atoms with Crippen molar-refractivity contribution >= 4 is 23.1 Å². The minimum Gasteiger partial charge on any atom is -0.409 e. The van der Waals surface area contributed by atoms with Gasteiger partial charge in [0.1, 0.15) is 10.4 Å². The van der Waals surface area contributed by atoms with Gasteiger partial charge in [0.05, 0.1) is 6.04 Å². The Hall–Kier alpha value is -1.63. The molecule has 0 radical (unpaired) electrons. The number of hydrogen-bond acceptors (Lipinski definition) is 5. The van der Waals surface area contributed by atoms with Crippen LogP contribution in [-0.4, -0.2) is 21.9 Å². The maximum atomic E-state index is 12.8. The minimum absolute atomic E-state index is 0.0219. The molecule has 1 aliphatic carbocycles. The summed E-state index contributed by atoms with van der Waals surface area (Å²) in [4.78, 5) is 17.0. The first-order chi connectivity index (χ1) is 10.1. The van der Waals surface area contributed by atoms with Gasteiger partial charge in [0.25, 0.3) is 0 Å². The van der Waals surface area contributed by atoms with Gasteiger partial charge in [-0.3, -0.25) is 4.79 Å². The van der Waals surface area contributed by atoms with Gasteiger partial charge < -0.3 is 16.3 Å². The monoisotopic (exact) mass is 310 g/mol. The van der Waals surface area contributed by atoms with Crippen LogP contribution in [0.4, 0.5) is 0 Å². The first-order valence-corrected chi connectivity index (χ1v) is 8.20. The Morgan fingerprint density at radius 3 is 2.81 bits per heavy atom. The Balaban J connectivity index is 2.18. The Morgan fingerprint density at radius 1 is 1.57 bits per heavy atom. The molecule has 0 aliphatic heterocycles. The zero-order chi connectivity index (χ0) is 15.3. The summed E-state index contributed by atoms with van der Waals surface area (Å²) in [5, 5.41) is 18.0. The number of nitrogens with one attached hydrogen (secondary N) is 1. The zero-order valence-electron chi connectivity index (χ0n) is 12.2. The molecular weight excluding hydrogens is 288 g/mol. The Kier molecular flexibility index (Phi) is 5.17. The number of carbonyl (C=O) groups excluding carboxylic acids is 1. The number of nitrogens with zero attached hydrogens (tertiary/aromatic N) is 2. The van der Waals surface area contributed by atoms with Crippen LogP contribution in [0.5, 0.6) is 0 Å². The Labute approximate surface area is 128 Å². The number of oxime groups is 1. The Morgan fingerprint density at radius 2 is 2.29 bits per heavy atom. The summed E-state index contributed by atoms with van der Waals surface area (Å²) in [5.41, 5.74) is 4.97. The minimum atomic E-state index is -0.877. The normalized spacial score (nSPS) is 20.0. The van der Waals surface area contributed by atoms with Gasteiger partial charge in [-0.05, 0) is 19.3 Å². The van der Waals surface area contributed by atoms with Crippen molar-refractivity contribution in [2.45, 2.75) is 51.5 Å². The van der Waals surface area contributed by atoms with Gasteiger partial charge in [-0.25, -0.2) is 4.98 Å². The lowest BCUT2D eigenvalue weighted by Gasteiger charge is -2.35.